The number of nitrogens with zero attached hydrogens (tertiary/aromatic N) is 1. The molecular formula is C17H18F3N2O3+. The number of esters is 1. The molecule has 0 amide bonds. The zero-order chi connectivity index (χ0) is 18.0. The standard InChI is InChI=1S/C17H17F3N2O3/c1-2-25-16(23)11-3-4-13-12(9-11)14(22-5-7-24-8-6-22)10-15(21-13)17(18,19)20/h3-4,9-10H,2,5-8H2,1H3/p+1. The lowest BCUT2D eigenvalue weighted by Gasteiger charge is -2.29. The number of hydrogen-bond donors (Lipinski definition) is 0. The van der Waals surface area contributed by atoms with Crippen LogP contribution in [0.15, 0.2) is 24.3 Å². The largest absolute Gasteiger partial charge is 0.477 e. The quantitative estimate of drug-likeness (QED) is 0.795. The monoisotopic (exact) mass is 355 g/mol. The van der Waals surface area contributed by atoms with Crippen molar-refractivity contribution in [1.82, 2.24) is 0 Å². The van der Waals surface area contributed by atoms with Gasteiger partial charge in [0, 0.05) is 25.2 Å². The average Bonchev–Trinajstić information content (AvgIpc) is 2.60. The van der Waals surface area contributed by atoms with Gasteiger partial charge in [-0.2, -0.15) is 13.2 Å². The van der Waals surface area contributed by atoms with Crippen molar-refractivity contribution < 1.29 is 32.4 Å². The molecule has 2 heterocycles. The number of nitrogens with one attached hydrogen (secondary N) is 1. The number of aromatic amines is 1. The number of pyridine rings is 1. The average molecular weight is 355 g/mol. The number of H-pyrrole nitrogens is 1. The third-order valence-corrected chi connectivity index (χ3v) is 4.01. The zero-order valence-corrected chi connectivity index (χ0v) is 13.7. The van der Waals surface area contributed by atoms with Gasteiger partial charge in [0.25, 0.3) is 5.69 Å². The minimum absolute atomic E-state index is 0.229. The van der Waals surface area contributed by atoms with Gasteiger partial charge in [-0.15, -0.1) is 0 Å². The highest BCUT2D eigenvalue weighted by Crippen LogP contribution is 2.33. The second-order valence-electron chi connectivity index (χ2n) is 5.65. The summed E-state index contributed by atoms with van der Waals surface area (Å²) in [6, 6.07) is 5.58. The lowest BCUT2D eigenvalue weighted by molar-refractivity contribution is -0.398. The molecule has 3 rings (SSSR count). The van der Waals surface area contributed by atoms with Crippen molar-refractivity contribution in [1.29, 1.82) is 0 Å². The summed E-state index contributed by atoms with van der Waals surface area (Å²) >= 11 is 0. The fraction of sp³-hybridized carbons (Fsp3) is 0.412. The van der Waals surface area contributed by atoms with Crippen molar-refractivity contribution in [2.24, 2.45) is 0 Å². The first-order chi connectivity index (χ1) is 11.9. The van der Waals surface area contributed by atoms with Crippen LogP contribution in [0.5, 0.6) is 0 Å². The maximum absolute atomic E-state index is 13.2. The van der Waals surface area contributed by atoms with Crippen molar-refractivity contribution in [3.8, 4) is 0 Å². The van der Waals surface area contributed by atoms with E-state index in [0.29, 0.717) is 48.5 Å². The second-order valence-corrected chi connectivity index (χ2v) is 5.65. The summed E-state index contributed by atoms with van der Waals surface area (Å²) in [5.74, 6) is -0.503. The van der Waals surface area contributed by atoms with Crippen LogP contribution in [-0.4, -0.2) is 38.9 Å². The highest BCUT2D eigenvalue weighted by molar-refractivity contribution is 5.98. The Hall–Kier alpha value is -2.35. The lowest BCUT2D eigenvalue weighted by Crippen LogP contribution is -2.37. The molecule has 1 N–H and O–H groups in total. The number of carbonyl (C=O) groups excluding carboxylic acids is 1. The smallest absolute Gasteiger partial charge is 0.462 e. The second kappa shape index (κ2) is 6.87. The SMILES string of the molecule is CCOC(=O)c1ccc2[nH+]c(C(F)(F)F)cc(N3CCOCC3)c2c1. The predicted molar refractivity (Wildman–Crippen MR) is 84.5 cm³/mol. The van der Waals surface area contributed by atoms with Crippen molar-refractivity contribution in [3.63, 3.8) is 0 Å². The number of carbonyl (C=O) groups is 1. The van der Waals surface area contributed by atoms with E-state index in [9.17, 15) is 18.0 Å². The van der Waals surface area contributed by atoms with Crippen LogP contribution in [-0.2, 0) is 15.7 Å². The van der Waals surface area contributed by atoms with Crippen LogP contribution in [0.3, 0.4) is 0 Å². The molecule has 1 saturated heterocycles. The van der Waals surface area contributed by atoms with Crippen molar-refractivity contribution >= 4 is 22.6 Å². The van der Waals surface area contributed by atoms with Crippen LogP contribution < -0.4 is 9.88 Å². The van der Waals surface area contributed by atoms with E-state index in [0.717, 1.165) is 6.07 Å². The highest BCUT2D eigenvalue weighted by atomic mass is 19.4. The number of rotatable bonds is 3. The minimum atomic E-state index is -4.49. The van der Waals surface area contributed by atoms with Gasteiger partial charge >= 0.3 is 12.1 Å². The number of ether oxygens (including phenoxy) is 2. The number of alkyl halides is 3. The molecule has 0 spiro atoms. The van der Waals surface area contributed by atoms with E-state index in [1.807, 2.05) is 4.90 Å². The van der Waals surface area contributed by atoms with Gasteiger partial charge in [-0.3, -0.25) is 0 Å². The summed E-state index contributed by atoms with van der Waals surface area (Å²) in [4.78, 5) is 16.2. The molecule has 0 radical (unpaired) electrons. The number of anilines is 1. The van der Waals surface area contributed by atoms with E-state index in [4.69, 9.17) is 9.47 Å². The topological polar surface area (TPSA) is 52.9 Å². The maximum Gasteiger partial charge on any atom is 0.477 e. The van der Waals surface area contributed by atoms with E-state index in [2.05, 4.69) is 4.98 Å². The summed E-state index contributed by atoms with van der Waals surface area (Å²) in [7, 11) is 0. The molecule has 1 aromatic carbocycles. The van der Waals surface area contributed by atoms with E-state index in [1.165, 1.54) is 12.1 Å². The summed E-state index contributed by atoms with van der Waals surface area (Å²) < 4.78 is 49.9. The normalized spacial score (nSPS) is 15.4. The van der Waals surface area contributed by atoms with Gasteiger partial charge in [0.15, 0.2) is 0 Å². The Bertz CT molecular complexity index is 787. The van der Waals surface area contributed by atoms with Crippen LogP contribution in [0.1, 0.15) is 23.0 Å². The molecule has 0 bridgehead atoms. The van der Waals surface area contributed by atoms with Gasteiger partial charge < -0.3 is 14.4 Å². The molecule has 0 aliphatic carbocycles. The van der Waals surface area contributed by atoms with Crippen LogP contribution in [0.4, 0.5) is 18.9 Å². The summed E-state index contributed by atoms with van der Waals surface area (Å²) in [6.07, 6.45) is -4.49. The molecule has 0 saturated carbocycles. The predicted octanol–water partition coefficient (Wildman–Crippen LogP) is 2.69. The Morgan fingerprint density at radius 2 is 2.00 bits per heavy atom. The minimum Gasteiger partial charge on any atom is -0.462 e. The van der Waals surface area contributed by atoms with Crippen LogP contribution in [0, 0.1) is 0 Å². The first-order valence-corrected chi connectivity index (χ1v) is 7.97. The fourth-order valence-corrected chi connectivity index (χ4v) is 2.82. The molecule has 1 aromatic heterocycles. The highest BCUT2D eigenvalue weighted by Gasteiger charge is 2.39. The Kier molecular flexibility index (Phi) is 4.80. The molecule has 1 aliphatic heterocycles. The first kappa shape index (κ1) is 17.5. The van der Waals surface area contributed by atoms with Crippen LogP contribution in [0.2, 0.25) is 0 Å². The Labute approximate surface area is 142 Å². The Balaban J connectivity index is 2.15. The third kappa shape index (κ3) is 3.68. The molecule has 0 unspecified atom stereocenters. The molecule has 2 aromatic rings. The number of halogens is 3. The van der Waals surface area contributed by atoms with Gasteiger partial charge in [0.05, 0.1) is 36.5 Å². The first-order valence-electron chi connectivity index (χ1n) is 7.97. The molecule has 8 heteroatoms. The Morgan fingerprint density at radius 3 is 2.64 bits per heavy atom. The van der Waals surface area contributed by atoms with Gasteiger partial charge in [0.1, 0.15) is 0 Å². The summed E-state index contributed by atoms with van der Waals surface area (Å²) in [5, 5.41) is 0.542. The van der Waals surface area contributed by atoms with Crippen molar-refractivity contribution in [3.05, 3.63) is 35.5 Å². The van der Waals surface area contributed by atoms with E-state index in [1.54, 1.807) is 13.0 Å². The van der Waals surface area contributed by atoms with Crippen LogP contribution >= 0.6 is 0 Å². The van der Waals surface area contributed by atoms with Gasteiger partial charge in [-0.25, -0.2) is 9.78 Å². The van der Waals surface area contributed by atoms with E-state index in [-0.39, 0.29) is 6.61 Å². The van der Waals surface area contributed by atoms with E-state index < -0.39 is 17.8 Å². The van der Waals surface area contributed by atoms with Crippen molar-refractivity contribution in [2.45, 2.75) is 13.1 Å². The van der Waals surface area contributed by atoms with E-state index >= 15 is 0 Å². The molecule has 0 atom stereocenters. The van der Waals surface area contributed by atoms with Crippen molar-refractivity contribution in [2.75, 3.05) is 37.8 Å². The third-order valence-electron chi connectivity index (χ3n) is 4.01. The zero-order valence-electron chi connectivity index (χ0n) is 13.7. The lowest BCUT2D eigenvalue weighted by atomic mass is 10.1. The number of benzene rings is 1. The number of hydrogen-bond acceptors (Lipinski definition) is 4. The van der Waals surface area contributed by atoms with Gasteiger partial charge in [-0.05, 0) is 19.1 Å². The Morgan fingerprint density at radius 1 is 1.28 bits per heavy atom. The molecular weight excluding hydrogens is 337 g/mol. The van der Waals surface area contributed by atoms with Gasteiger partial charge in [-0.1, -0.05) is 0 Å². The van der Waals surface area contributed by atoms with Crippen LogP contribution in [0.25, 0.3) is 10.9 Å². The molecule has 134 valence electrons. The number of aromatic nitrogens is 1. The van der Waals surface area contributed by atoms with Gasteiger partial charge in [0.2, 0.25) is 5.52 Å². The number of morpholine rings is 1. The molecule has 5 nitrogen and oxygen atoms in total. The number of fused-ring (bicyclic) bond motifs is 1. The molecule has 1 fully saturated rings. The molecule has 1 aliphatic rings. The fourth-order valence-electron chi connectivity index (χ4n) is 2.82. The molecule has 25 heavy (non-hydrogen) atoms. The maximum atomic E-state index is 13.2. The summed E-state index contributed by atoms with van der Waals surface area (Å²) in [5.41, 5.74) is 0.210. The summed E-state index contributed by atoms with van der Waals surface area (Å²) in [6.45, 7) is 3.78.